The van der Waals surface area contributed by atoms with Crippen LogP contribution in [0, 0.1) is 0 Å². The van der Waals surface area contributed by atoms with Crippen molar-refractivity contribution in [3.05, 3.63) is 47.3 Å². The van der Waals surface area contributed by atoms with E-state index < -0.39 is 5.97 Å². The number of nitrogens with zero attached hydrogens (tertiary/aromatic N) is 2. The van der Waals surface area contributed by atoms with Crippen molar-refractivity contribution < 1.29 is 18.4 Å². The molecule has 0 saturated carbocycles. The Morgan fingerprint density at radius 3 is 3.00 bits per heavy atom. The van der Waals surface area contributed by atoms with E-state index in [0.717, 1.165) is 4.88 Å². The maximum Gasteiger partial charge on any atom is 0.361 e. The van der Waals surface area contributed by atoms with E-state index in [1.165, 1.54) is 17.7 Å². The average Bonchev–Trinajstić information content (AvgIpc) is 3.23. The molecule has 0 unspecified atom stereocenters. The van der Waals surface area contributed by atoms with Crippen LogP contribution >= 0.6 is 11.3 Å². The van der Waals surface area contributed by atoms with Crippen LogP contribution in [0.1, 0.15) is 41.8 Å². The van der Waals surface area contributed by atoms with Gasteiger partial charge in [0.15, 0.2) is 24.5 Å². The summed E-state index contributed by atoms with van der Waals surface area (Å²) in [6.07, 6.45) is 2.80. The lowest BCUT2D eigenvalue weighted by molar-refractivity contribution is 0.0437. The number of oxazole rings is 2. The Bertz CT molecular complexity index is 758. The van der Waals surface area contributed by atoms with Gasteiger partial charge in [-0.25, -0.2) is 14.8 Å². The zero-order valence-electron chi connectivity index (χ0n) is 12.1. The molecule has 0 bridgehead atoms. The van der Waals surface area contributed by atoms with Crippen LogP contribution in [0.2, 0.25) is 0 Å². The Morgan fingerprint density at radius 1 is 1.41 bits per heavy atom. The molecule has 114 valence electrons. The minimum Gasteiger partial charge on any atom is -0.453 e. The third-order valence-corrected chi connectivity index (χ3v) is 3.80. The highest BCUT2D eigenvalue weighted by Gasteiger charge is 2.21. The van der Waals surface area contributed by atoms with Gasteiger partial charge in [0.2, 0.25) is 5.89 Å². The lowest BCUT2D eigenvalue weighted by Crippen LogP contribution is -2.08. The molecule has 0 atom stereocenters. The van der Waals surface area contributed by atoms with E-state index >= 15 is 0 Å². The fourth-order valence-corrected chi connectivity index (χ4v) is 2.57. The molecule has 7 heteroatoms. The molecule has 0 saturated heterocycles. The zero-order chi connectivity index (χ0) is 15.5. The highest BCUT2D eigenvalue weighted by molar-refractivity contribution is 7.13. The lowest BCUT2D eigenvalue weighted by Gasteiger charge is -2.03. The van der Waals surface area contributed by atoms with Gasteiger partial charge in [0, 0.05) is 5.92 Å². The van der Waals surface area contributed by atoms with E-state index in [1.54, 1.807) is 6.20 Å². The second-order valence-corrected chi connectivity index (χ2v) is 5.85. The van der Waals surface area contributed by atoms with Gasteiger partial charge in [-0.15, -0.1) is 11.3 Å². The summed E-state index contributed by atoms with van der Waals surface area (Å²) in [5, 5.41) is 1.94. The number of ether oxygens (including phenoxy) is 1. The van der Waals surface area contributed by atoms with Gasteiger partial charge < -0.3 is 13.6 Å². The van der Waals surface area contributed by atoms with Gasteiger partial charge in [0.1, 0.15) is 5.76 Å². The van der Waals surface area contributed by atoms with Gasteiger partial charge in [-0.3, -0.25) is 0 Å². The SMILES string of the molecule is CC(C)c1ocnc1C(=O)OCc1cnc(-c2cccs2)o1. The fraction of sp³-hybridized carbons (Fsp3) is 0.267. The largest absolute Gasteiger partial charge is 0.453 e. The molecule has 0 aliphatic carbocycles. The number of carbonyl (C=O) groups is 1. The summed E-state index contributed by atoms with van der Waals surface area (Å²) in [5.41, 5.74) is 0.202. The van der Waals surface area contributed by atoms with E-state index in [9.17, 15) is 4.79 Å². The van der Waals surface area contributed by atoms with Crippen molar-refractivity contribution in [2.45, 2.75) is 26.4 Å². The maximum atomic E-state index is 12.0. The van der Waals surface area contributed by atoms with Crippen molar-refractivity contribution in [2.75, 3.05) is 0 Å². The highest BCUT2D eigenvalue weighted by Crippen LogP contribution is 2.24. The predicted octanol–water partition coefficient (Wildman–Crippen LogP) is 3.87. The van der Waals surface area contributed by atoms with Crippen molar-refractivity contribution in [3.8, 4) is 10.8 Å². The van der Waals surface area contributed by atoms with Gasteiger partial charge in [0.05, 0.1) is 11.1 Å². The molecule has 0 N–H and O–H groups in total. The van der Waals surface area contributed by atoms with Crippen LogP contribution in [0.3, 0.4) is 0 Å². The number of carbonyl (C=O) groups excluding carboxylic acids is 1. The topological polar surface area (TPSA) is 78.4 Å². The first-order valence-electron chi connectivity index (χ1n) is 6.74. The van der Waals surface area contributed by atoms with Crippen LogP contribution in [0.5, 0.6) is 0 Å². The summed E-state index contributed by atoms with van der Waals surface area (Å²) in [6, 6.07) is 3.83. The molecule has 0 spiro atoms. The molecular weight excluding hydrogens is 304 g/mol. The van der Waals surface area contributed by atoms with Crippen molar-refractivity contribution in [1.29, 1.82) is 0 Å². The van der Waals surface area contributed by atoms with Crippen molar-refractivity contribution in [1.82, 2.24) is 9.97 Å². The van der Waals surface area contributed by atoms with E-state index in [4.69, 9.17) is 13.6 Å². The van der Waals surface area contributed by atoms with Gasteiger partial charge in [-0.2, -0.15) is 0 Å². The Morgan fingerprint density at radius 2 is 2.27 bits per heavy atom. The summed E-state index contributed by atoms with van der Waals surface area (Å²) in [7, 11) is 0. The van der Waals surface area contributed by atoms with Crippen LogP contribution in [0.25, 0.3) is 10.8 Å². The summed E-state index contributed by atoms with van der Waals surface area (Å²) >= 11 is 1.53. The third-order valence-electron chi connectivity index (χ3n) is 2.94. The summed E-state index contributed by atoms with van der Waals surface area (Å²) in [5.74, 6) is 1.03. The Balaban J connectivity index is 1.65. The van der Waals surface area contributed by atoms with Gasteiger partial charge in [-0.1, -0.05) is 19.9 Å². The Hall–Kier alpha value is -2.41. The molecule has 22 heavy (non-hydrogen) atoms. The molecule has 6 nitrogen and oxygen atoms in total. The fourth-order valence-electron chi connectivity index (χ4n) is 1.91. The second kappa shape index (κ2) is 6.15. The quantitative estimate of drug-likeness (QED) is 0.664. The first kappa shape index (κ1) is 14.5. The first-order chi connectivity index (χ1) is 10.6. The molecular formula is C15H14N2O4S. The van der Waals surface area contributed by atoms with E-state index in [-0.39, 0.29) is 18.2 Å². The summed E-state index contributed by atoms with van der Waals surface area (Å²) in [4.78, 5) is 21.0. The average molecular weight is 318 g/mol. The monoisotopic (exact) mass is 318 g/mol. The summed E-state index contributed by atoms with van der Waals surface area (Å²) in [6.45, 7) is 3.84. The molecule has 0 radical (unpaired) electrons. The van der Waals surface area contributed by atoms with Crippen LogP contribution in [-0.4, -0.2) is 15.9 Å². The van der Waals surface area contributed by atoms with E-state index in [2.05, 4.69) is 9.97 Å². The first-order valence-corrected chi connectivity index (χ1v) is 7.62. The minimum atomic E-state index is -0.536. The number of aromatic nitrogens is 2. The Kier molecular flexibility index (Phi) is 4.06. The molecule has 0 aliphatic heterocycles. The molecule has 0 aromatic carbocycles. The second-order valence-electron chi connectivity index (χ2n) is 4.91. The van der Waals surface area contributed by atoms with Crippen LogP contribution < -0.4 is 0 Å². The van der Waals surface area contributed by atoms with Crippen LogP contribution in [-0.2, 0) is 11.3 Å². The minimum absolute atomic E-state index is 0.00159. The van der Waals surface area contributed by atoms with Crippen molar-refractivity contribution >= 4 is 17.3 Å². The normalized spacial score (nSPS) is 11.0. The van der Waals surface area contributed by atoms with Crippen LogP contribution in [0.4, 0.5) is 0 Å². The number of hydrogen-bond donors (Lipinski definition) is 0. The van der Waals surface area contributed by atoms with Crippen molar-refractivity contribution in [3.63, 3.8) is 0 Å². The summed E-state index contributed by atoms with van der Waals surface area (Å²) < 4.78 is 16.0. The maximum absolute atomic E-state index is 12.0. The van der Waals surface area contributed by atoms with Crippen LogP contribution in [0.15, 0.2) is 38.9 Å². The third kappa shape index (κ3) is 2.94. The van der Waals surface area contributed by atoms with E-state index in [0.29, 0.717) is 17.4 Å². The highest BCUT2D eigenvalue weighted by atomic mass is 32.1. The number of esters is 1. The predicted molar refractivity (Wildman–Crippen MR) is 79.5 cm³/mol. The molecule has 3 rings (SSSR count). The molecule has 3 heterocycles. The Labute approximate surface area is 130 Å². The van der Waals surface area contributed by atoms with Crippen molar-refractivity contribution in [2.24, 2.45) is 0 Å². The number of thiophene rings is 1. The van der Waals surface area contributed by atoms with Gasteiger partial charge >= 0.3 is 5.97 Å². The molecule has 0 fully saturated rings. The van der Waals surface area contributed by atoms with E-state index in [1.807, 2.05) is 31.4 Å². The zero-order valence-corrected chi connectivity index (χ0v) is 12.9. The van der Waals surface area contributed by atoms with Gasteiger partial charge in [-0.05, 0) is 11.4 Å². The standard InChI is InChI=1S/C15H14N2O4S/c1-9(2)13-12(17-8-20-13)15(18)19-7-10-6-16-14(21-10)11-4-3-5-22-11/h3-6,8-9H,7H2,1-2H3. The smallest absolute Gasteiger partial charge is 0.361 e. The molecule has 3 aromatic rings. The number of rotatable bonds is 5. The lowest BCUT2D eigenvalue weighted by atomic mass is 10.1. The number of hydrogen-bond acceptors (Lipinski definition) is 7. The molecule has 0 amide bonds. The van der Waals surface area contributed by atoms with Gasteiger partial charge in [0.25, 0.3) is 0 Å². The molecule has 0 aliphatic rings. The molecule has 3 aromatic heterocycles.